The summed E-state index contributed by atoms with van der Waals surface area (Å²) in [4.78, 5) is 2.38. The van der Waals surface area contributed by atoms with Crippen molar-refractivity contribution in [2.45, 2.75) is 13.3 Å². The van der Waals surface area contributed by atoms with Crippen LogP contribution in [-0.2, 0) is 6.42 Å². The average molecular weight is 176 g/mol. The highest BCUT2D eigenvalue weighted by molar-refractivity contribution is 5.59. The van der Waals surface area contributed by atoms with E-state index in [1.807, 2.05) is 0 Å². The van der Waals surface area contributed by atoms with Crippen molar-refractivity contribution in [1.29, 1.82) is 0 Å². The van der Waals surface area contributed by atoms with Gasteiger partial charge in [-0.1, -0.05) is 12.1 Å². The van der Waals surface area contributed by atoms with E-state index in [1.165, 1.54) is 23.2 Å². The van der Waals surface area contributed by atoms with Crippen molar-refractivity contribution in [3.05, 3.63) is 29.3 Å². The van der Waals surface area contributed by atoms with E-state index in [1.54, 1.807) is 0 Å². The second-order valence-electron chi connectivity index (χ2n) is 3.66. The molecule has 0 amide bonds. The second-order valence-corrected chi connectivity index (χ2v) is 3.66. The molecule has 0 atom stereocenters. The highest BCUT2D eigenvalue weighted by Crippen LogP contribution is 2.28. The molecule has 0 radical (unpaired) electrons. The van der Waals surface area contributed by atoms with E-state index in [0.29, 0.717) is 0 Å². The maximum atomic E-state index is 5.56. The predicted molar refractivity (Wildman–Crippen MR) is 56.2 cm³/mol. The fourth-order valence-electron chi connectivity index (χ4n) is 1.94. The van der Waals surface area contributed by atoms with Crippen LogP contribution in [0.4, 0.5) is 5.69 Å². The number of fused-ring (bicyclic) bond motifs is 1. The molecule has 1 aliphatic rings. The molecule has 0 bridgehead atoms. The molecule has 0 saturated heterocycles. The minimum Gasteiger partial charge on any atom is -0.370 e. The number of nitrogens with zero attached hydrogens (tertiary/aromatic N) is 1. The second kappa shape index (κ2) is 3.38. The van der Waals surface area contributed by atoms with Crippen LogP contribution in [0.5, 0.6) is 0 Å². The van der Waals surface area contributed by atoms with Crippen molar-refractivity contribution in [2.75, 3.05) is 24.5 Å². The third kappa shape index (κ3) is 1.54. The summed E-state index contributed by atoms with van der Waals surface area (Å²) in [5, 5.41) is 0. The van der Waals surface area contributed by atoms with Gasteiger partial charge in [-0.3, -0.25) is 0 Å². The molecule has 1 aliphatic heterocycles. The van der Waals surface area contributed by atoms with Crippen LogP contribution in [0.1, 0.15) is 11.1 Å². The van der Waals surface area contributed by atoms with Crippen LogP contribution in [0.25, 0.3) is 0 Å². The first-order valence-electron chi connectivity index (χ1n) is 4.86. The third-order valence-corrected chi connectivity index (χ3v) is 2.63. The van der Waals surface area contributed by atoms with Gasteiger partial charge in [0.2, 0.25) is 0 Å². The maximum absolute atomic E-state index is 5.56. The molecule has 2 N–H and O–H groups in total. The SMILES string of the molecule is Cc1ccc2c(c1)N(CCN)CC2. The largest absolute Gasteiger partial charge is 0.370 e. The quantitative estimate of drug-likeness (QED) is 0.736. The van der Waals surface area contributed by atoms with Gasteiger partial charge in [0.05, 0.1) is 0 Å². The first-order valence-corrected chi connectivity index (χ1v) is 4.86. The fourth-order valence-corrected chi connectivity index (χ4v) is 1.94. The van der Waals surface area contributed by atoms with E-state index in [9.17, 15) is 0 Å². The van der Waals surface area contributed by atoms with Gasteiger partial charge in [0.15, 0.2) is 0 Å². The minimum absolute atomic E-state index is 0.743. The minimum atomic E-state index is 0.743. The lowest BCUT2D eigenvalue weighted by Gasteiger charge is -2.18. The normalized spacial score (nSPS) is 14.8. The molecule has 70 valence electrons. The van der Waals surface area contributed by atoms with E-state index in [2.05, 4.69) is 30.0 Å². The lowest BCUT2D eigenvalue weighted by Crippen LogP contribution is -2.27. The Balaban J connectivity index is 2.29. The van der Waals surface area contributed by atoms with Gasteiger partial charge < -0.3 is 10.6 Å². The molecule has 2 rings (SSSR count). The summed E-state index contributed by atoms with van der Waals surface area (Å²) in [5.74, 6) is 0. The molecule has 0 fully saturated rings. The van der Waals surface area contributed by atoms with Crippen molar-refractivity contribution in [2.24, 2.45) is 5.73 Å². The predicted octanol–water partition coefficient (Wildman–Crippen LogP) is 1.32. The molecule has 13 heavy (non-hydrogen) atoms. The number of aryl methyl sites for hydroxylation is 1. The van der Waals surface area contributed by atoms with Crippen molar-refractivity contribution < 1.29 is 0 Å². The van der Waals surface area contributed by atoms with Gasteiger partial charge in [0.1, 0.15) is 0 Å². The molecule has 0 aromatic heterocycles. The number of rotatable bonds is 2. The highest BCUT2D eigenvalue weighted by atomic mass is 15.1. The van der Waals surface area contributed by atoms with Gasteiger partial charge in [-0.15, -0.1) is 0 Å². The Morgan fingerprint density at radius 2 is 2.31 bits per heavy atom. The zero-order valence-corrected chi connectivity index (χ0v) is 8.09. The van der Waals surface area contributed by atoms with Crippen molar-refractivity contribution in [3.8, 4) is 0 Å². The average Bonchev–Trinajstić information content (AvgIpc) is 2.49. The standard InChI is InChI=1S/C11H16N2/c1-9-2-3-10-4-6-13(7-5-12)11(10)8-9/h2-3,8H,4-7,12H2,1H3. The lowest BCUT2D eigenvalue weighted by molar-refractivity contribution is 0.821. The van der Waals surface area contributed by atoms with Gasteiger partial charge in [0.25, 0.3) is 0 Å². The van der Waals surface area contributed by atoms with Crippen LogP contribution in [-0.4, -0.2) is 19.6 Å². The first-order chi connectivity index (χ1) is 6.31. The Labute approximate surface area is 79.4 Å². The molecule has 2 heteroatoms. The Morgan fingerprint density at radius 1 is 1.46 bits per heavy atom. The molecular weight excluding hydrogens is 160 g/mol. The molecule has 0 unspecified atom stereocenters. The van der Waals surface area contributed by atoms with Crippen LogP contribution in [0.2, 0.25) is 0 Å². The van der Waals surface area contributed by atoms with Gasteiger partial charge >= 0.3 is 0 Å². The summed E-state index contributed by atoms with van der Waals surface area (Å²) in [5.41, 5.74) is 9.76. The summed E-state index contributed by atoms with van der Waals surface area (Å²) < 4.78 is 0. The molecule has 1 aromatic carbocycles. The summed E-state index contributed by atoms with van der Waals surface area (Å²) in [7, 11) is 0. The number of anilines is 1. The highest BCUT2D eigenvalue weighted by Gasteiger charge is 2.17. The van der Waals surface area contributed by atoms with Gasteiger partial charge in [-0.25, -0.2) is 0 Å². The van der Waals surface area contributed by atoms with Crippen molar-refractivity contribution >= 4 is 5.69 Å². The van der Waals surface area contributed by atoms with E-state index in [-0.39, 0.29) is 0 Å². The maximum Gasteiger partial charge on any atom is 0.0402 e. The third-order valence-electron chi connectivity index (χ3n) is 2.63. The number of benzene rings is 1. The smallest absolute Gasteiger partial charge is 0.0402 e. The number of nitrogens with two attached hydrogens (primary N) is 1. The molecule has 1 aromatic rings. The topological polar surface area (TPSA) is 29.3 Å². The monoisotopic (exact) mass is 176 g/mol. The van der Waals surface area contributed by atoms with Gasteiger partial charge in [-0.05, 0) is 30.5 Å². The summed E-state index contributed by atoms with van der Waals surface area (Å²) in [6, 6.07) is 6.68. The number of hydrogen-bond donors (Lipinski definition) is 1. The summed E-state index contributed by atoms with van der Waals surface area (Å²) in [6.07, 6.45) is 1.18. The Hall–Kier alpha value is -1.02. The van der Waals surface area contributed by atoms with Gasteiger partial charge in [-0.2, -0.15) is 0 Å². The van der Waals surface area contributed by atoms with E-state index in [4.69, 9.17) is 5.73 Å². The van der Waals surface area contributed by atoms with Crippen LogP contribution < -0.4 is 10.6 Å². The number of hydrogen-bond acceptors (Lipinski definition) is 2. The van der Waals surface area contributed by atoms with E-state index >= 15 is 0 Å². The summed E-state index contributed by atoms with van der Waals surface area (Å²) >= 11 is 0. The van der Waals surface area contributed by atoms with Crippen molar-refractivity contribution in [1.82, 2.24) is 0 Å². The van der Waals surface area contributed by atoms with E-state index < -0.39 is 0 Å². The first kappa shape index (κ1) is 8.57. The molecule has 0 spiro atoms. The molecular formula is C11H16N2. The van der Waals surface area contributed by atoms with Crippen molar-refractivity contribution in [3.63, 3.8) is 0 Å². The Bertz CT molecular complexity index is 305. The molecule has 1 heterocycles. The van der Waals surface area contributed by atoms with Crippen LogP contribution in [0.3, 0.4) is 0 Å². The Morgan fingerprint density at radius 3 is 3.08 bits per heavy atom. The molecule has 2 nitrogen and oxygen atoms in total. The van der Waals surface area contributed by atoms with Crippen LogP contribution in [0.15, 0.2) is 18.2 Å². The summed E-state index contributed by atoms with van der Waals surface area (Å²) in [6.45, 7) is 5.00. The molecule has 0 aliphatic carbocycles. The molecule has 0 saturated carbocycles. The van der Waals surface area contributed by atoms with E-state index in [0.717, 1.165) is 19.6 Å². The van der Waals surface area contributed by atoms with Crippen LogP contribution in [0, 0.1) is 6.92 Å². The lowest BCUT2D eigenvalue weighted by atomic mass is 10.1. The Kier molecular flexibility index (Phi) is 2.23. The fraction of sp³-hybridized carbons (Fsp3) is 0.455. The zero-order chi connectivity index (χ0) is 9.26. The van der Waals surface area contributed by atoms with Gasteiger partial charge in [0, 0.05) is 25.3 Å². The zero-order valence-electron chi connectivity index (χ0n) is 8.09. The van der Waals surface area contributed by atoms with Crippen LogP contribution >= 0.6 is 0 Å².